The van der Waals surface area contributed by atoms with Gasteiger partial charge in [-0.3, -0.25) is 0 Å². The van der Waals surface area contributed by atoms with Gasteiger partial charge in [0.1, 0.15) is 0 Å². The van der Waals surface area contributed by atoms with Gasteiger partial charge in [0.25, 0.3) is 0 Å². The van der Waals surface area contributed by atoms with Crippen molar-refractivity contribution in [1.82, 2.24) is 5.32 Å². The summed E-state index contributed by atoms with van der Waals surface area (Å²) in [5.74, 6) is 0.860. The number of nitrogens with one attached hydrogen (secondary N) is 1. The molecule has 1 atom stereocenters. The first-order valence-electron chi connectivity index (χ1n) is 5.83. The smallest absolute Gasteiger partial charge is 0.0897 e. The highest BCUT2D eigenvalue weighted by Gasteiger charge is 2.20. The van der Waals surface area contributed by atoms with Crippen LogP contribution in [0, 0.1) is 5.92 Å². The van der Waals surface area contributed by atoms with Gasteiger partial charge in [-0.2, -0.15) is 0 Å². The van der Waals surface area contributed by atoms with Gasteiger partial charge >= 0.3 is 0 Å². The van der Waals surface area contributed by atoms with Gasteiger partial charge in [0.15, 0.2) is 0 Å². The maximum atomic E-state index is 9.63. The molecule has 1 unspecified atom stereocenters. The van der Waals surface area contributed by atoms with Crippen LogP contribution in [-0.4, -0.2) is 30.9 Å². The van der Waals surface area contributed by atoms with Gasteiger partial charge in [-0.1, -0.05) is 6.07 Å². The zero-order valence-corrected chi connectivity index (χ0v) is 10.2. The second-order valence-electron chi connectivity index (χ2n) is 4.35. The highest BCUT2D eigenvalue weighted by Crippen LogP contribution is 2.27. The lowest BCUT2D eigenvalue weighted by molar-refractivity contribution is 0.0298. The minimum absolute atomic E-state index is 0.390. The average molecular weight is 241 g/mol. The maximum Gasteiger partial charge on any atom is 0.0897 e. The molecule has 1 aromatic rings. The second-order valence-corrected chi connectivity index (χ2v) is 5.38. The number of ether oxygens (including phenoxy) is 1. The summed E-state index contributed by atoms with van der Waals surface area (Å²) in [6, 6.07) is 4.05. The molecule has 1 aliphatic carbocycles. The van der Waals surface area contributed by atoms with E-state index in [0.29, 0.717) is 19.8 Å². The molecular formula is C12H19NO2S. The van der Waals surface area contributed by atoms with E-state index < -0.39 is 6.10 Å². The van der Waals surface area contributed by atoms with Crippen molar-refractivity contribution in [2.45, 2.75) is 25.6 Å². The zero-order chi connectivity index (χ0) is 11.2. The van der Waals surface area contributed by atoms with Crippen LogP contribution in [0.2, 0.25) is 0 Å². The molecule has 1 fully saturated rings. The van der Waals surface area contributed by atoms with E-state index in [1.807, 2.05) is 17.5 Å². The summed E-state index contributed by atoms with van der Waals surface area (Å²) in [6.07, 6.45) is 2.30. The van der Waals surface area contributed by atoms with Gasteiger partial charge < -0.3 is 15.2 Å². The van der Waals surface area contributed by atoms with Gasteiger partial charge in [0.2, 0.25) is 0 Å². The molecule has 16 heavy (non-hydrogen) atoms. The van der Waals surface area contributed by atoms with Gasteiger partial charge in [0, 0.05) is 11.4 Å². The molecule has 0 aliphatic heterocycles. The third-order valence-electron chi connectivity index (χ3n) is 2.64. The minimum Gasteiger partial charge on any atom is -0.389 e. The summed E-state index contributed by atoms with van der Waals surface area (Å²) in [6.45, 7) is 2.70. The van der Waals surface area contributed by atoms with Gasteiger partial charge in [-0.25, -0.2) is 0 Å². The van der Waals surface area contributed by atoms with E-state index in [-0.39, 0.29) is 0 Å². The van der Waals surface area contributed by atoms with E-state index >= 15 is 0 Å². The van der Waals surface area contributed by atoms with Crippen molar-refractivity contribution in [3.8, 4) is 0 Å². The summed E-state index contributed by atoms with van der Waals surface area (Å²) in [5.41, 5.74) is 0. The van der Waals surface area contributed by atoms with Crippen LogP contribution in [0.1, 0.15) is 17.7 Å². The summed E-state index contributed by atoms with van der Waals surface area (Å²) >= 11 is 1.68. The molecule has 1 saturated carbocycles. The molecule has 4 heteroatoms. The number of hydrogen-bond acceptors (Lipinski definition) is 4. The number of aliphatic hydroxyl groups is 1. The Morgan fingerprint density at radius 2 is 2.44 bits per heavy atom. The minimum atomic E-state index is -0.390. The van der Waals surface area contributed by atoms with E-state index in [0.717, 1.165) is 12.5 Å². The Balaban J connectivity index is 1.48. The molecule has 2 rings (SSSR count). The number of thiophene rings is 1. The van der Waals surface area contributed by atoms with E-state index in [4.69, 9.17) is 4.74 Å². The fourth-order valence-electron chi connectivity index (χ4n) is 1.53. The number of aliphatic hydroxyl groups excluding tert-OH is 1. The standard InChI is InChI=1S/C12H19NO2S/c14-11(7-13-6-10-3-4-10)8-15-9-12-2-1-5-16-12/h1-2,5,10-11,13-14H,3-4,6-9H2. The van der Waals surface area contributed by atoms with Crippen LogP contribution < -0.4 is 5.32 Å². The highest BCUT2D eigenvalue weighted by atomic mass is 32.1. The average Bonchev–Trinajstić information content (AvgIpc) is 2.94. The molecule has 0 saturated heterocycles. The molecular weight excluding hydrogens is 222 g/mol. The first kappa shape index (κ1) is 12.0. The third kappa shape index (κ3) is 4.61. The van der Waals surface area contributed by atoms with Crippen molar-refractivity contribution in [2.75, 3.05) is 19.7 Å². The Hall–Kier alpha value is -0.420. The van der Waals surface area contributed by atoms with E-state index in [1.165, 1.54) is 17.7 Å². The van der Waals surface area contributed by atoms with Crippen molar-refractivity contribution >= 4 is 11.3 Å². The lowest BCUT2D eigenvalue weighted by Crippen LogP contribution is -2.31. The molecule has 3 nitrogen and oxygen atoms in total. The Labute approximate surface area is 100 Å². The van der Waals surface area contributed by atoms with Crippen LogP contribution in [0.5, 0.6) is 0 Å². The predicted molar refractivity (Wildman–Crippen MR) is 65.6 cm³/mol. The van der Waals surface area contributed by atoms with Crippen molar-refractivity contribution < 1.29 is 9.84 Å². The monoisotopic (exact) mass is 241 g/mol. The predicted octanol–water partition coefficient (Wildman–Crippen LogP) is 1.63. The third-order valence-corrected chi connectivity index (χ3v) is 3.49. The molecule has 0 radical (unpaired) electrons. The van der Waals surface area contributed by atoms with Crippen LogP contribution in [0.25, 0.3) is 0 Å². The van der Waals surface area contributed by atoms with Crippen LogP contribution in [0.15, 0.2) is 17.5 Å². The Morgan fingerprint density at radius 3 is 3.12 bits per heavy atom. The summed E-state index contributed by atoms with van der Waals surface area (Å²) in [7, 11) is 0. The Kier molecular flexibility index (Phi) is 4.78. The van der Waals surface area contributed by atoms with E-state index in [9.17, 15) is 5.11 Å². The Morgan fingerprint density at radius 1 is 1.56 bits per heavy atom. The fraction of sp³-hybridized carbons (Fsp3) is 0.667. The molecule has 0 aromatic carbocycles. The summed E-state index contributed by atoms with van der Waals surface area (Å²) in [5, 5.41) is 14.9. The molecule has 90 valence electrons. The van der Waals surface area contributed by atoms with Crippen LogP contribution in [0.4, 0.5) is 0 Å². The maximum absolute atomic E-state index is 9.63. The SMILES string of the molecule is OC(CNCC1CC1)COCc1cccs1. The lowest BCUT2D eigenvalue weighted by atomic mass is 10.3. The normalized spacial score (nSPS) is 17.6. The zero-order valence-electron chi connectivity index (χ0n) is 9.39. The number of rotatable bonds is 8. The first-order valence-corrected chi connectivity index (χ1v) is 6.71. The van der Waals surface area contributed by atoms with Crippen molar-refractivity contribution in [1.29, 1.82) is 0 Å². The van der Waals surface area contributed by atoms with Crippen molar-refractivity contribution in [2.24, 2.45) is 5.92 Å². The van der Waals surface area contributed by atoms with Crippen molar-refractivity contribution in [3.63, 3.8) is 0 Å². The van der Waals surface area contributed by atoms with Gasteiger partial charge in [-0.15, -0.1) is 11.3 Å². The summed E-state index contributed by atoms with van der Waals surface area (Å²) < 4.78 is 5.43. The molecule has 2 N–H and O–H groups in total. The van der Waals surface area contributed by atoms with E-state index in [2.05, 4.69) is 5.32 Å². The van der Waals surface area contributed by atoms with Crippen molar-refractivity contribution in [3.05, 3.63) is 22.4 Å². The topological polar surface area (TPSA) is 41.5 Å². The molecule has 0 amide bonds. The Bertz CT molecular complexity index is 285. The van der Waals surface area contributed by atoms with E-state index in [1.54, 1.807) is 11.3 Å². The largest absolute Gasteiger partial charge is 0.389 e. The molecule has 1 aliphatic rings. The second kappa shape index (κ2) is 6.35. The van der Waals surface area contributed by atoms with Crippen LogP contribution in [0.3, 0.4) is 0 Å². The molecule has 1 aromatic heterocycles. The molecule has 1 heterocycles. The van der Waals surface area contributed by atoms with Crippen LogP contribution >= 0.6 is 11.3 Å². The van der Waals surface area contributed by atoms with Crippen LogP contribution in [-0.2, 0) is 11.3 Å². The summed E-state index contributed by atoms with van der Waals surface area (Å²) in [4.78, 5) is 1.21. The molecule has 0 bridgehead atoms. The highest BCUT2D eigenvalue weighted by molar-refractivity contribution is 7.09. The number of hydrogen-bond donors (Lipinski definition) is 2. The lowest BCUT2D eigenvalue weighted by Gasteiger charge is -2.11. The van der Waals surface area contributed by atoms with Gasteiger partial charge in [-0.05, 0) is 36.8 Å². The molecule has 0 spiro atoms. The fourth-order valence-corrected chi connectivity index (χ4v) is 2.17. The first-order chi connectivity index (χ1) is 7.84. The quantitative estimate of drug-likeness (QED) is 0.727. The van der Waals surface area contributed by atoms with Gasteiger partial charge in [0.05, 0.1) is 19.3 Å².